The van der Waals surface area contributed by atoms with E-state index in [-0.39, 0.29) is 24.2 Å². The van der Waals surface area contributed by atoms with Crippen molar-refractivity contribution in [2.45, 2.75) is 55.2 Å². The summed E-state index contributed by atoms with van der Waals surface area (Å²) in [5.41, 5.74) is 0.954. The summed E-state index contributed by atoms with van der Waals surface area (Å²) in [6.07, 6.45) is 5.08. The lowest BCUT2D eigenvalue weighted by atomic mass is 9.89. The fourth-order valence-electron chi connectivity index (χ4n) is 3.46. The molecule has 1 heterocycles. The van der Waals surface area contributed by atoms with Gasteiger partial charge in [-0.2, -0.15) is 0 Å². The summed E-state index contributed by atoms with van der Waals surface area (Å²) in [6.45, 7) is 1.29. The van der Waals surface area contributed by atoms with Crippen molar-refractivity contribution in [3.63, 3.8) is 0 Å². The highest BCUT2D eigenvalue weighted by Gasteiger charge is 2.34. The third kappa shape index (κ3) is 5.03. The summed E-state index contributed by atoms with van der Waals surface area (Å²) in [6, 6.07) is 6.85. The van der Waals surface area contributed by atoms with Gasteiger partial charge in [0.15, 0.2) is 9.84 Å². The number of hydrogen-bond donors (Lipinski definition) is 1. The molecule has 2 fully saturated rings. The van der Waals surface area contributed by atoms with Gasteiger partial charge in [0.2, 0.25) is 5.91 Å². The van der Waals surface area contributed by atoms with Gasteiger partial charge in [0, 0.05) is 18.7 Å². The van der Waals surface area contributed by atoms with Crippen LogP contribution in [0.4, 0.5) is 0 Å². The van der Waals surface area contributed by atoms with Gasteiger partial charge in [-0.05, 0) is 43.4 Å². The van der Waals surface area contributed by atoms with Crippen molar-refractivity contribution in [1.29, 1.82) is 0 Å². The van der Waals surface area contributed by atoms with E-state index in [1.54, 1.807) is 24.3 Å². The zero-order valence-electron chi connectivity index (χ0n) is 14.4. The first-order valence-corrected chi connectivity index (χ1v) is 10.6. The van der Waals surface area contributed by atoms with Gasteiger partial charge in [0.25, 0.3) is 0 Å². The van der Waals surface area contributed by atoms with E-state index >= 15 is 0 Å². The standard InChI is InChI=1S/C18H25NO5S/c1-25(21,22)15-6-2-13(3-7-15)4-9-18(20)19-14-5-8-16-17(12-14)24-11-10-23-16/h2-3,6-7,14,16-17H,4-5,8-12H2,1H3,(H,19,20)/t14-,16-,17-/m1/s1. The lowest BCUT2D eigenvalue weighted by Crippen LogP contribution is -2.49. The van der Waals surface area contributed by atoms with Crippen LogP contribution in [0.3, 0.4) is 0 Å². The van der Waals surface area contributed by atoms with Crippen molar-refractivity contribution in [1.82, 2.24) is 5.32 Å². The maximum Gasteiger partial charge on any atom is 0.220 e. The molecule has 1 aliphatic heterocycles. The largest absolute Gasteiger partial charge is 0.373 e. The van der Waals surface area contributed by atoms with Gasteiger partial charge in [-0.15, -0.1) is 0 Å². The predicted octanol–water partition coefficient (Wildman–Crippen LogP) is 1.48. The van der Waals surface area contributed by atoms with Crippen molar-refractivity contribution in [2.24, 2.45) is 0 Å². The maximum atomic E-state index is 12.2. The molecule has 0 radical (unpaired) electrons. The Labute approximate surface area is 148 Å². The molecule has 1 N–H and O–H groups in total. The van der Waals surface area contributed by atoms with Crippen LogP contribution < -0.4 is 5.32 Å². The molecule has 0 spiro atoms. The second-order valence-corrected chi connectivity index (χ2v) is 8.83. The maximum absolute atomic E-state index is 12.2. The molecule has 138 valence electrons. The average molecular weight is 367 g/mol. The van der Waals surface area contributed by atoms with E-state index in [0.717, 1.165) is 24.8 Å². The highest BCUT2D eigenvalue weighted by molar-refractivity contribution is 7.90. The molecule has 1 amide bonds. The topological polar surface area (TPSA) is 81.7 Å². The molecule has 1 aromatic rings. The molecule has 2 aliphatic rings. The number of rotatable bonds is 5. The van der Waals surface area contributed by atoms with Crippen molar-refractivity contribution in [3.8, 4) is 0 Å². The molecule has 6 nitrogen and oxygen atoms in total. The Hall–Kier alpha value is -1.44. The number of amides is 1. The molecule has 3 atom stereocenters. The first-order chi connectivity index (χ1) is 11.9. The van der Waals surface area contributed by atoms with Crippen molar-refractivity contribution in [2.75, 3.05) is 19.5 Å². The highest BCUT2D eigenvalue weighted by Crippen LogP contribution is 2.26. The molecule has 3 rings (SSSR count). The van der Waals surface area contributed by atoms with Crippen LogP contribution >= 0.6 is 0 Å². The number of ether oxygens (including phenoxy) is 2. The Balaban J connectivity index is 1.45. The summed E-state index contributed by atoms with van der Waals surface area (Å²) >= 11 is 0. The second kappa shape index (κ2) is 7.85. The summed E-state index contributed by atoms with van der Waals surface area (Å²) in [7, 11) is -3.18. The number of sulfone groups is 1. The van der Waals surface area contributed by atoms with Gasteiger partial charge < -0.3 is 14.8 Å². The molecular weight excluding hydrogens is 342 g/mol. The Morgan fingerprint density at radius 1 is 1.12 bits per heavy atom. The molecule has 1 saturated carbocycles. The van der Waals surface area contributed by atoms with Gasteiger partial charge in [-0.25, -0.2) is 8.42 Å². The SMILES string of the molecule is CS(=O)(=O)c1ccc(CCC(=O)N[C@@H]2CC[C@H]3OCCO[C@@H]3C2)cc1. The number of fused-ring (bicyclic) bond motifs is 1. The van der Waals surface area contributed by atoms with Crippen LogP contribution in [0.2, 0.25) is 0 Å². The number of carbonyl (C=O) groups is 1. The number of benzene rings is 1. The van der Waals surface area contributed by atoms with Crippen LogP contribution in [0, 0.1) is 0 Å². The molecule has 0 unspecified atom stereocenters. The van der Waals surface area contributed by atoms with Crippen molar-refractivity contribution >= 4 is 15.7 Å². The average Bonchev–Trinajstić information content (AvgIpc) is 2.59. The van der Waals surface area contributed by atoms with Crippen LogP contribution in [-0.2, 0) is 30.5 Å². The van der Waals surface area contributed by atoms with Crippen LogP contribution in [0.1, 0.15) is 31.2 Å². The molecule has 1 aliphatic carbocycles. The molecular formula is C18H25NO5S. The van der Waals surface area contributed by atoms with Gasteiger partial charge in [-0.1, -0.05) is 12.1 Å². The monoisotopic (exact) mass is 367 g/mol. The second-order valence-electron chi connectivity index (χ2n) is 6.81. The van der Waals surface area contributed by atoms with Crippen LogP contribution in [-0.4, -0.2) is 52.0 Å². The zero-order valence-corrected chi connectivity index (χ0v) is 15.3. The predicted molar refractivity (Wildman–Crippen MR) is 93.1 cm³/mol. The van der Waals surface area contributed by atoms with Gasteiger partial charge in [-0.3, -0.25) is 4.79 Å². The number of hydrogen-bond acceptors (Lipinski definition) is 5. The lowest BCUT2D eigenvalue weighted by Gasteiger charge is -2.39. The van der Waals surface area contributed by atoms with E-state index in [4.69, 9.17) is 9.47 Å². The molecule has 7 heteroatoms. The summed E-state index contributed by atoms with van der Waals surface area (Å²) in [5, 5.41) is 3.09. The zero-order chi connectivity index (χ0) is 17.9. The van der Waals surface area contributed by atoms with E-state index in [1.807, 2.05) is 0 Å². The molecule has 25 heavy (non-hydrogen) atoms. The van der Waals surface area contributed by atoms with Crippen LogP contribution in [0.25, 0.3) is 0 Å². The molecule has 0 bridgehead atoms. The minimum absolute atomic E-state index is 0.0207. The van der Waals surface area contributed by atoms with Gasteiger partial charge in [0.05, 0.1) is 30.3 Å². The fraction of sp³-hybridized carbons (Fsp3) is 0.611. The Bertz CT molecular complexity index is 701. The minimum Gasteiger partial charge on any atom is -0.373 e. The number of carbonyl (C=O) groups excluding carboxylic acids is 1. The first kappa shape index (κ1) is 18.4. The van der Waals surface area contributed by atoms with Gasteiger partial charge in [0.1, 0.15) is 0 Å². The van der Waals surface area contributed by atoms with Gasteiger partial charge >= 0.3 is 0 Å². The number of nitrogens with one attached hydrogen (secondary N) is 1. The minimum atomic E-state index is -3.18. The normalized spacial score (nSPS) is 26.7. The number of aryl methyl sites for hydroxylation is 1. The van der Waals surface area contributed by atoms with E-state index in [9.17, 15) is 13.2 Å². The summed E-state index contributed by atoms with van der Waals surface area (Å²) < 4.78 is 34.3. The summed E-state index contributed by atoms with van der Waals surface area (Å²) in [5.74, 6) is 0.0207. The highest BCUT2D eigenvalue weighted by atomic mass is 32.2. The third-order valence-corrected chi connectivity index (χ3v) is 5.96. The Kier molecular flexibility index (Phi) is 5.76. The lowest BCUT2D eigenvalue weighted by molar-refractivity contribution is -0.158. The van der Waals surface area contributed by atoms with Crippen molar-refractivity contribution in [3.05, 3.63) is 29.8 Å². The van der Waals surface area contributed by atoms with Crippen molar-refractivity contribution < 1.29 is 22.7 Å². The van der Waals surface area contributed by atoms with Crippen LogP contribution in [0.5, 0.6) is 0 Å². The first-order valence-electron chi connectivity index (χ1n) is 8.73. The smallest absolute Gasteiger partial charge is 0.220 e. The summed E-state index contributed by atoms with van der Waals surface area (Å²) in [4.78, 5) is 12.5. The van der Waals surface area contributed by atoms with E-state index in [0.29, 0.717) is 31.0 Å². The quantitative estimate of drug-likeness (QED) is 0.852. The Morgan fingerprint density at radius 3 is 2.48 bits per heavy atom. The van der Waals surface area contributed by atoms with E-state index in [1.165, 1.54) is 6.26 Å². The third-order valence-electron chi connectivity index (χ3n) is 4.84. The Morgan fingerprint density at radius 2 is 1.80 bits per heavy atom. The molecule has 0 aromatic heterocycles. The van der Waals surface area contributed by atoms with E-state index in [2.05, 4.69) is 5.32 Å². The van der Waals surface area contributed by atoms with E-state index < -0.39 is 9.84 Å². The molecule has 1 aromatic carbocycles. The fourth-order valence-corrected chi connectivity index (χ4v) is 4.09. The van der Waals surface area contributed by atoms with Crippen LogP contribution in [0.15, 0.2) is 29.2 Å². The molecule has 1 saturated heterocycles.